The molecule has 2 N–H and O–H groups in total. The van der Waals surface area contributed by atoms with Crippen molar-refractivity contribution in [1.82, 2.24) is 10.3 Å². The first-order valence-electron chi connectivity index (χ1n) is 5.72. The Balaban J connectivity index is 2.25. The summed E-state index contributed by atoms with van der Waals surface area (Å²) in [5, 5.41) is 6.53. The lowest BCUT2D eigenvalue weighted by Crippen LogP contribution is -2.24. The monoisotopic (exact) mass is 255 g/mol. The molecular formula is C12H18ClN3O. The molecule has 17 heavy (non-hydrogen) atoms. The van der Waals surface area contributed by atoms with E-state index < -0.39 is 0 Å². The van der Waals surface area contributed by atoms with E-state index in [1.165, 1.54) is 0 Å². The van der Waals surface area contributed by atoms with Gasteiger partial charge in [0.25, 0.3) is 0 Å². The van der Waals surface area contributed by atoms with Crippen molar-refractivity contribution in [1.29, 1.82) is 0 Å². The zero-order valence-corrected chi connectivity index (χ0v) is 10.9. The van der Waals surface area contributed by atoms with Crippen LogP contribution in [0.1, 0.15) is 26.7 Å². The van der Waals surface area contributed by atoms with Crippen LogP contribution < -0.4 is 10.6 Å². The Hall–Kier alpha value is -1.13. The van der Waals surface area contributed by atoms with Crippen LogP contribution in [-0.4, -0.2) is 23.5 Å². The number of halogens is 1. The highest BCUT2D eigenvalue weighted by Crippen LogP contribution is 2.11. The number of amides is 1. The Labute approximate surface area is 107 Å². The van der Waals surface area contributed by atoms with Gasteiger partial charge >= 0.3 is 0 Å². The molecule has 94 valence electrons. The van der Waals surface area contributed by atoms with E-state index in [2.05, 4.69) is 29.5 Å². The van der Waals surface area contributed by atoms with Crippen molar-refractivity contribution in [3.05, 3.63) is 23.4 Å². The highest BCUT2D eigenvalue weighted by molar-refractivity contribution is 6.30. The fraction of sp³-hybridized carbons (Fsp3) is 0.500. The zero-order chi connectivity index (χ0) is 12.7. The summed E-state index contributed by atoms with van der Waals surface area (Å²) in [6.07, 6.45) is 2.86. The zero-order valence-electron chi connectivity index (χ0n) is 10.2. The second kappa shape index (κ2) is 7.25. The van der Waals surface area contributed by atoms with Gasteiger partial charge in [-0.3, -0.25) is 4.79 Å². The molecule has 4 nitrogen and oxygen atoms in total. The number of hydrogen-bond donors (Lipinski definition) is 2. The van der Waals surface area contributed by atoms with Gasteiger partial charge in [0, 0.05) is 23.7 Å². The molecular weight excluding hydrogens is 238 g/mol. The summed E-state index contributed by atoms with van der Waals surface area (Å²) in [6.45, 7) is 5.00. The summed E-state index contributed by atoms with van der Waals surface area (Å²) in [5.74, 6) is 0.463. The summed E-state index contributed by atoms with van der Waals surface area (Å²) in [7, 11) is 0. The van der Waals surface area contributed by atoms with E-state index in [1.807, 2.05) is 0 Å². The number of aromatic nitrogens is 1. The van der Waals surface area contributed by atoms with E-state index in [-0.39, 0.29) is 5.91 Å². The smallest absolute Gasteiger partial charge is 0.225 e. The fourth-order valence-electron chi connectivity index (χ4n) is 1.32. The molecule has 0 saturated heterocycles. The van der Waals surface area contributed by atoms with E-state index in [4.69, 9.17) is 11.6 Å². The van der Waals surface area contributed by atoms with Crippen molar-refractivity contribution < 1.29 is 4.79 Å². The maximum Gasteiger partial charge on any atom is 0.225 e. The number of carbonyl (C=O) groups is 1. The lowest BCUT2D eigenvalue weighted by Gasteiger charge is -2.07. The summed E-state index contributed by atoms with van der Waals surface area (Å²) in [4.78, 5) is 15.6. The van der Waals surface area contributed by atoms with Crippen LogP contribution >= 0.6 is 11.6 Å². The molecule has 0 aliphatic rings. The third-order valence-corrected chi connectivity index (χ3v) is 2.36. The molecule has 0 fully saturated rings. The van der Waals surface area contributed by atoms with Crippen LogP contribution in [0.3, 0.4) is 0 Å². The molecule has 0 atom stereocenters. The Morgan fingerprint density at radius 3 is 2.94 bits per heavy atom. The second-order valence-electron chi connectivity index (χ2n) is 4.12. The molecule has 0 saturated carbocycles. The number of hydrogen-bond acceptors (Lipinski definition) is 3. The van der Waals surface area contributed by atoms with E-state index in [0.29, 0.717) is 23.3 Å². The van der Waals surface area contributed by atoms with E-state index in [0.717, 1.165) is 13.0 Å². The fourth-order valence-corrected chi connectivity index (χ4v) is 1.48. The van der Waals surface area contributed by atoms with Gasteiger partial charge in [-0.25, -0.2) is 4.98 Å². The van der Waals surface area contributed by atoms with E-state index in [1.54, 1.807) is 18.3 Å². The quantitative estimate of drug-likeness (QED) is 0.768. The van der Waals surface area contributed by atoms with Crippen LogP contribution in [0.25, 0.3) is 0 Å². The van der Waals surface area contributed by atoms with Crippen molar-refractivity contribution >= 4 is 23.3 Å². The van der Waals surface area contributed by atoms with Crippen LogP contribution in [0.4, 0.5) is 5.82 Å². The van der Waals surface area contributed by atoms with Crippen molar-refractivity contribution in [3.63, 3.8) is 0 Å². The van der Waals surface area contributed by atoms with Gasteiger partial charge in [-0.05, 0) is 25.1 Å². The standard InChI is InChI=1S/C12H18ClN3O/c1-9(2)14-6-3-4-12(17)16-11-8-10(13)5-7-15-11/h5,7-9,14H,3-4,6H2,1-2H3,(H,15,16,17). The molecule has 0 aliphatic carbocycles. The normalized spacial score (nSPS) is 10.6. The third kappa shape index (κ3) is 6.24. The van der Waals surface area contributed by atoms with E-state index >= 15 is 0 Å². The van der Waals surface area contributed by atoms with Gasteiger partial charge in [-0.15, -0.1) is 0 Å². The molecule has 0 radical (unpaired) electrons. The van der Waals surface area contributed by atoms with Crippen LogP contribution in [-0.2, 0) is 4.79 Å². The highest BCUT2D eigenvalue weighted by Gasteiger charge is 2.03. The maximum atomic E-state index is 11.5. The minimum atomic E-state index is -0.0367. The molecule has 1 rings (SSSR count). The number of carbonyl (C=O) groups excluding carboxylic acids is 1. The largest absolute Gasteiger partial charge is 0.315 e. The molecule has 1 amide bonds. The Bertz CT molecular complexity index is 369. The highest BCUT2D eigenvalue weighted by atomic mass is 35.5. The lowest BCUT2D eigenvalue weighted by atomic mass is 10.2. The first-order chi connectivity index (χ1) is 8.08. The first-order valence-corrected chi connectivity index (χ1v) is 6.10. The second-order valence-corrected chi connectivity index (χ2v) is 4.56. The number of nitrogens with zero attached hydrogens (tertiary/aromatic N) is 1. The SMILES string of the molecule is CC(C)NCCCC(=O)Nc1cc(Cl)ccn1. The van der Waals surface area contributed by atoms with Crippen molar-refractivity contribution in [2.75, 3.05) is 11.9 Å². The van der Waals surface area contributed by atoms with Crippen molar-refractivity contribution in [2.45, 2.75) is 32.7 Å². The van der Waals surface area contributed by atoms with Crippen molar-refractivity contribution in [2.24, 2.45) is 0 Å². The predicted molar refractivity (Wildman–Crippen MR) is 70.2 cm³/mol. The van der Waals surface area contributed by atoms with Gasteiger partial charge in [0.05, 0.1) is 0 Å². The molecule has 0 aliphatic heterocycles. The number of nitrogens with one attached hydrogen (secondary N) is 2. The van der Waals surface area contributed by atoms with Gasteiger partial charge in [0.15, 0.2) is 0 Å². The lowest BCUT2D eigenvalue weighted by molar-refractivity contribution is -0.116. The Morgan fingerprint density at radius 2 is 2.29 bits per heavy atom. The third-order valence-electron chi connectivity index (χ3n) is 2.12. The predicted octanol–water partition coefficient (Wildman–Crippen LogP) is 2.45. The number of rotatable bonds is 6. The Morgan fingerprint density at radius 1 is 1.53 bits per heavy atom. The number of anilines is 1. The molecule has 1 aromatic rings. The summed E-state index contributed by atoms with van der Waals surface area (Å²) >= 11 is 5.79. The molecule has 1 aromatic heterocycles. The van der Waals surface area contributed by atoms with Gasteiger partial charge < -0.3 is 10.6 Å². The average Bonchev–Trinajstić information content (AvgIpc) is 2.24. The molecule has 0 bridgehead atoms. The van der Waals surface area contributed by atoms with E-state index in [9.17, 15) is 4.79 Å². The molecule has 0 spiro atoms. The molecule has 0 aromatic carbocycles. The summed E-state index contributed by atoms with van der Waals surface area (Å²) in [5.41, 5.74) is 0. The molecule has 5 heteroatoms. The minimum Gasteiger partial charge on any atom is -0.315 e. The van der Waals surface area contributed by atoms with Crippen LogP contribution in [0.5, 0.6) is 0 Å². The van der Waals surface area contributed by atoms with Gasteiger partial charge in [0.1, 0.15) is 5.82 Å². The maximum absolute atomic E-state index is 11.5. The van der Waals surface area contributed by atoms with Crippen LogP contribution in [0.15, 0.2) is 18.3 Å². The van der Waals surface area contributed by atoms with Crippen LogP contribution in [0, 0.1) is 0 Å². The van der Waals surface area contributed by atoms with Gasteiger partial charge in [0.2, 0.25) is 5.91 Å². The average molecular weight is 256 g/mol. The summed E-state index contributed by atoms with van der Waals surface area (Å²) in [6, 6.07) is 3.75. The van der Waals surface area contributed by atoms with Gasteiger partial charge in [-0.2, -0.15) is 0 Å². The Kier molecular flexibility index (Phi) is 5.94. The first kappa shape index (κ1) is 13.9. The molecule has 1 heterocycles. The topological polar surface area (TPSA) is 54.0 Å². The molecule has 0 unspecified atom stereocenters. The van der Waals surface area contributed by atoms with Crippen molar-refractivity contribution in [3.8, 4) is 0 Å². The summed E-state index contributed by atoms with van der Waals surface area (Å²) < 4.78 is 0. The van der Waals surface area contributed by atoms with Gasteiger partial charge in [-0.1, -0.05) is 25.4 Å². The minimum absolute atomic E-state index is 0.0367. The van der Waals surface area contributed by atoms with Crippen LogP contribution in [0.2, 0.25) is 5.02 Å². The number of pyridine rings is 1.